The first-order chi connectivity index (χ1) is 8.97. The molecule has 1 amide bonds. The Morgan fingerprint density at radius 2 is 2.05 bits per heavy atom. The Morgan fingerprint density at radius 3 is 2.53 bits per heavy atom. The zero-order valence-corrected chi connectivity index (χ0v) is 13.3. The number of anilines is 1. The number of hydrogen-bond acceptors (Lipinski definition) is 3. The number of aryl methyl sites for hydroxylation is 1. The second-order valence-electron chi connectivity index (χ2n) is 4.12. The normalized spacial score (nSPS) is 12.2. The number of benzene rings is 1. The van der Waals surface area contributed by atoms with Crippen LogP contribution in [0.3, 0.4) is 0 Å². The number of hydrogen-bond donors (Lipinski definition) is 2. The molecule has 0 saturated heterocycles. The fourth-order valence-corrected chi connectivity index (χ4v) is 3.40. The minimum absolute atomic E-state index is 0.439. The quantitative estimate of drug-likeness (QED) is 0.863. The minimum Gasteiger partial charge on any atom is -0.369 e. The summed E-state index contributed by atoms with van der Waals surface area (Å²) in [5, 5.41) is 3.12. The van der Waals surface area contributed by atoms with E-state index in [0.717, 1.165) is 20.6 Å². The van der Waals surface area contributed by atoms with Crippen molar-refractivity contribution in [3.63, 3.8) is 0 Å². The van der Waals surface area contributed by atoms with Crippen molar-refractivity contribution in [1.82, 2.24) is 0 Å². The van der Waals surface area contributed by atoms with Crippen molar-refractivity contribution >= 4 is 50.5 Å². The van der Waals surface area contributed by atoms with Gasteiger partial charge in [-0.3, -0.25) is 4.79 Å². The molecule has 3 N–H and O–H groups in total. The van der Waals surface area contributed by atoms with Gasteiger partial charge in [-0.05, 0) is 41.1 Å². The van der Waals surface area contributed by atoms with E-state index in [1.165, 1.54) is 11.3 Å². The number of primary amides is 1. The van der Waals surface area contributed by atoms with E-state index >= 15 is 0 Å². The largest absolute Gasteiger partial charge is 0.369 e. The van der Waals surface area contributed by atoms with Gasteiger partial charge in [0.1, 0.15) is 10.4 Å². The average molecular weight is 360 g/mol. The maximum atomic E-state index is 11.6. The van der Waals surface area contributed by atoms with Gasteiger partial charge in [-0.15, -0.1) is 11.3 Å². The molecule has 1 aromatic heterocycles. The van der Waals surface area contributed by atoms with Crippen molar-refractivity contribution in [2.75, 3.05) is 5.32 Å². The number of amides is 1. The van der Waals surface area contributed by atoms with E-state index in [4.69, 9.17) is 17.3 Å². The van der Waals surface area contributed by atoms with Crippen LogP contribution in [-0.2, 0) is 4.79 Å². The van der Waals surface area contributed by atoms with E-state index in [1.807, 2.05) is 37.3 Å². The second kappa shape index (κ2) is 5.94. The fourth-order valence-electron chi connectivity index (χ4n) is 1.60. The van der Waals surface area contributed by atoms with Crippen molar-refractivity contribution in [1.29, 1.82) is 0 Å². The van der Waals surface area contributed by atoms with E-state index in [2.05, 4.69) is 21.2 Å². The van der Waals surface area contributed by atoms with E-state index < -0.39 is 11.9 Å². The van der Waals surface area contributed by atoms with Gasteiger partial charge < -0.3 is 11.1 Å². The highest BCUT2D eigenvalue weighted by Crippen LogP contribution is 2.36. The van der Waals surface area contributed by atoms with Crippen LogP contribution in [0.25, 0.3) is 0 Å². The first-order valence-corrected chi connectivity index (χ1v) is 7.53. The zero-order chi connectivity index (χ0) is 14.0. The van der Waals surface area contributed by atoms with Crippen LogP contribution in [0.2, 0.25) is 4.34 Å². The number of thiophene rings is 1. The summed E-state index contributed by atoms with van der Waals surface area (Å²) in [6.45, 7) is 2.01. The van der Waals surface area contributed by atoms with Gasteiger partial charge >= 0.3 is 0 Å². The molecular weight excluding hydrogens is 348 g/mol. The molecule has 1 unspecified atom stereocenters. The summed E-state index contributed by atoms with van der Waals surface area (Å²) in [6.07, 6.45) is 0. The predicted octanol–water partition coefficient (Wildman–Crippen LogP) is 4.11. The van der Waals surface area contributed by atoms with Crippen LogP contribution in [0, 0.1) is 6.92 Å². The van der Waals surface area contributed by atoms with Crippen molar-refractivity contribution in [3.05, 3.63) is 49.6 Å². The smallest absolute Gasteiger partial charge is 0.245 e. The Labute approximate surface area is 128 Å². The van der Waals surface area contributed by atoms with Crippen LogP contribution in [0.4, 0.5) is 5.69 Å². The topological polar surface area (TPSA) is 55.1 Å². The van der Waals surface area contributed by atoms with Crippen LogP contribution in [-0.4, -0.2) is 5.91 Å². The lowest BCUT2D eigenvalue weighted by Crippen LogP contribution is -2.26. The van der Waals surface area contributed by atoms with Gasteiger partial charge in [-0.25, -0.2) is 0 Å². The Hall–Kier alpha value is -1.04. The standard InChI is InChI=1S/C13H12BrClN2OS/c1-7-2-4-8(5-3-7)17-11(13(16)18)10-6-9(14)12(15)19-10/h2-6,11,17H,1H3,(H2,16,18). The molecule has 2 rings (SSSR count). The van der Waals surface area contributed by atoms with E-state index in [1.54, 1.807) is 0 Å². The van der Waals surface area contributed by atoms with Crippen LogP contribution < -0.4 is 11.1 Å². The van der Waals surface area contributed by atoms with Gasteiger partial charge in [0.25, 0.3) is 0 Å². The molecule has 1 aromatic carbocycles. The van der Waals surface area contributed by atoms with Gasteiger partial charge in [0.05, 0.1) is 0 Å². The highest BCUT2D eigenvalue weighted by molar-refractivity contribution is 9.10. The third-order valence-electron chi connectivity index (χ3n) is 2.60. The SMILES string of the molecule is Cc1ccc(NC(C(N)=O)c2cc(Br)c(Cl)s2)cc1. The number of carbonyl (C=O) groups is 1. The molecule has 0 saturated carbocycles. The Morgan fingerprint density at radius 1 is 1.42 bits per heavy atom. The summed E-state index contributed by atoms with van der Waals surface area (Å²) in [5.41, 5.74) is 7.45. The van der Waals surface area contributed by atoms with Gasteiger partial charge in [0.2, 0.25) is 5.91 Å². The van der Waals surface area contributed by atoms with Gasteiger partial charge in [0, 0.05) is 15.0 Å². The van der Waals surface area contributed by atoms with Crippen molar-refractivity contribution in [3.8, 4) is 0 Å². The fraction of sp³-hybridized carbons (Fsp3) is 0.154. The predicted molar refractivity (Wildman–Crippen MR) is 83.8 cm³/mol. The molecule has 0 aliphatic rings. The summed E-state index contributed by atoms with van der Waals surface area (Å²) in [5.74, 6) is -0.439. The molecule has 19 heavy (non-hydrogen) atoms. The molecule has 0 bridgehead atoms. The lowest BCUT2D eigenvalue weighted by molar-refractivity contribution is -0.118. The van der Waals surface area contributed by atoms with Crippen LogP contribution in [0.15, 0.2) is 34.8 Å². The number of halogens is 2. The number of carbonyl (C=O) groups excluding carboxylic acids is 1. The highest BCUT2D eigenvalue weighted by atomic mass is 79.9. The molecule has 3 nitrogen and oxygen atoms in total. The van der Waals surface area contributed by atoms with Gasteiger partial charge in [-0.1, -0.05) is 29.3 Å². The molecule has 0 spiro atoms. The summed E-state index contributed by atoms with van der Waals surface area (Å²) >= 11 is 10.6. The molecule has 1 heterocycles. The zero-order valence-electron chi connectivity index (χ0n) is 10.1. The molecule has 6 heteroatoms. The third-order valence-corrected chi connectivity index (χ3v) is 5.14. The molecule has 0 fully saturated rings. The van der Waals surface area contributed by atoms with E-state index in [9.17, 15) is 4.79 Å². The average Bonchev–Trinajstić information content (AvgIpc) is 2.68. The number of nitrogens with one attached hydrogen (secondary N) is 1. The van der Waals surface area contributed by atoms with E-state index in [-0.39, 0.29) is 0 Å². The molecule has 0 radical (unpaired) electrons. The van der Waals surface area contributed by atoms with Crippen LogP contribution in [0.1, 0.15) is 16.5 Å². The molecule has 0 aliphatic heterocycles. The summed E-state index contributed by atoms with van der Waals surface area (Å²) in [7, 11) is 0. The van der Waals surface area contributed by atoms with Crippen LogP contribution >= 0.6 is 38.9 Å². The monoisotopic (exact) mass is 358 g/mol. The maximum Gasteiger partial charge on any atom is 0.245 e. The van der Waals surface area contributed by atoms with Gasteiger partial charge in [-0.2, -0.15) is 0 Å². The van der Waals surface area contributed by atoms with Crippen LogP contribution in [0.5, 0.6) is 0 Å². The molecule has 100 valence electrons. The van der Waals surface area contributed by atoms with Crippen molar-refractivity contribution < 1.29 is 4.79 Å². The Kier molecular flexibility index (Phi) is 4.50. The molecule has 0 aliphatic carbocycles. The minimum atomic E-state index is -0.587. The lowest BCUT2D eigenvalue weighted by Gasteiger charge is -2.15. The maximum absolute atomic E-state index is 11.6. The second-order valence-corrected chi connectivity index (χ2v) is 6.66. The lowest BCUT2D eigenvalue weighted by atomic mass is 10.2. The first kappa shape index (κ1) is 14.4. The summed E-state index contributed by atoms with van der Waals surface area (Å²) < 4.78 is 1.37. The molecular formula is C13H12BrClN2OS. The van der Waals surface area contributed by atoms with Gasteiger partial charge in [0.15, 0.2) is 0 Å². The third kappa shape index (κ3) is 3.49. The van der Waals surface area contributed by atoms with E-state index in [0.29, 0.717) is 4.34 Å². The Bertz CT molecular complexity index is 578. The number of rotatable bonds is 4. The molecule has 2 aromatic rings. The highest BCUT2D eigenvalue weighted by Gasteiger charge is 2.21. The number of nitrogens with two attached hydrogens (primary N) is 1. The Balaban J connectivity index is 2.26. The van der Waals surface area contributed by atoms with Crippen molar-refractivity contribution in [2.45, 2.75) is 13.0 Å². The summed E-state index contributed by atoms with van der Waals surface area (Å²) in [6, 6.07) is 8.99. The molecule has 1 atom stereocenters. The first-order valence-electron chi connectivity index (χ1n) is 5.54. The van der Waals surface area contributed by atoms with Crippen molar-refractivity contribution in [2.24, 2.45) is 5.73 Å². The summed E-state index contributed by atoms with van der Waals surface area (Å²) in [4.78, 5) is 12.4.